The van der Waals surface area contributed by atoms with Crippen LogP contribution in [0.2, 0.25) is 0 Å². The molecule has 1 aliphatic heterocycles. The van der Waals surface area contributed by atoms with Crippen LogP contribution in [0, 0.1) is 0 Å². The number of anilines is 3. The van der Waals surface area contributed by atoms with E-state index in [0.29, 0.717) is 12.2 Å². The van der Waals surface area contributed by atoms with E-state index in [-0.39, 0.29) is 18.6 Å². The van der Waals surface area contributed by atoms with Crippen molar-refractivity contribution in [2.45, 2.75) is 39.7 Å². The summed E-state index contributed by atoms with van der Waals surface area (Å²) in [5.74, 6) is 0.720. The number of nitrogens with two attached hydrogens (primary N) is 1. The van der Waals surface area contributed by atoms with Gasteiger partial charge < -0.3 is 20.7 Å². The highest BCUT2D eigenvalue weighted by Crippen LogP contribution is 2.35. The molecule has 1 atom stereocenters. The number of carbonyl (C=O) groups is 1. The predicted molar refractivity (Wildman–Crippen MR) is 107 cm³/mol. The number of para-hydroxylation sites is 1. The lowest BCUT2D eigenvalue weighted by atomic mass is 10.0. The summed E-state index contributed by atoms with van der Waals surface area (Å²) in [5, 5.41) is 3.14. The molecule has 138 valence electrons. The number of hydrogen-bond acceptors (Lipinski definition) is 4. The minimum Gasteiger partial charge on any atom is -0.487 e. The Morgan fingerprint density at radius 3 is 2.58 bits per heavy atom. The van der Waals surface area contributed by atoms with Crippen molar-refractivity contribution < 1.29 is 9.53 Å². The van der Waals surface area contributed by atoms with Crippen LogP contribution < -0.4 is 20.7 Å². The Balaban J connectivity index is 1.80. The molecule has 0 aliphatic carbocycles. The number of ether oxygens (including phenoxy) is 1. The summed E-state index contributed by atoms with van der Waals surface area (Å²) >= 11 is 0. The first kappa shape index (κ1) is 18.1. The molecule has 5 nitrogen and oxygen atoms in total. The molecule has 0 saturated heterocycles. The van der Waals surface area contributed by atoms with Crippen molar-refractivity contribution in [1.29, 1.82) is 0 Å². The number of nitrogens with zero attached hydrogens (tertiary/aromatic N) is 1. The van der Waals surface area contributed by atoms with Crippen LogP contribution in [0.5, 0.6) is 5.75 Å². The Hall–Kier alpha value is -2.69. The number of hydrogen-bond donors (Lipinski definition) is 2. The summed E-state index contributed by atoms with van der Waals surface area (Å²) in [4.78, 5) is 14.8. The first-order valence-electron chi connectivity index (χ1n) is 9.23. The number of rotatable bonds is 5. The van der Waals surface area contributed by atoms with E-state index in [1.165, 1.54) is 11.1 Å². The molecule has 5 heteroatoms. The van der Waals surface area contributed by atoms with E-state index < -0.39 is 0 Å². The standard InChI is InChI=1S/C21H27N3O2/c1-4-15-7-6-8-16(5-2)21(15)23-20(25)13-24-12-14(3)26-19-11-17(22)9-10-18(19)24/h6-11,14H,4-5,12-13,22H2,1-3H3,(H,23,25). The van der Waals surface area contributed by atoms with E-state index in [1.54, 1.807) is 0 Å². The van der Waals surface area contributed by atoms with Gasteiger partial charge in [0.1, 0.15) is 11.9 Å². The van der Waals surface area contributed by atoms with Crippen LogP contribution in [0.15, 0.2) is 36.4 Å². The van der Waals surface area contributed by atoms with Crippen LogP contribution in [-0.2, 0) is 17.6 Å². The van der Waals surface area contributed by atoms with Crippen molar-refractivity contribution in [3.8, 4) is 5.75 Å². The number of nitrogens with one attached hydrogen (secondary N) is 1. The average molecular weight is 353 g/mol. The molecule has 1 unspecified atom stereocenters. The molecular weight excluding hydrogens is 326 g/mol. The summed E-state index contributed by atoms with van der Waals surface area (Å²) in [6.45, 7) is 7.16. The fourth-order valence-corrected chi connectivity index (χ4v) is 3.45. The van der Waals surface area contributed by atoms with Crippen LogP contribution in [0.1, 0.15) is 31.9 Å². The third-order valence-corrected chi connectivity index (χ3v) is 4.73. The van der Waals surface area contributed by atoms with Gasteiger partial charge in [-0.1, -0.05) is 32.0 Å². The number of benzene rings is 2. The van der Waals surface area contributed by atoms with Crippen LogP contribution in [-0.4, -0.2) is 25.1 Å². The minimum absolute atomic E-state index is 0.00577. The SMILES string of the molecule is CCc1cccc(CC)c1NC(=O)CN1CC(C)Oc2cc(N)ccc21. The number of nitrogen functional groups attached to an aromatic ring is 1. The second kappa shape index (κ2) is 7.68. The van der Waals surface area contributed by atoms with E-state index in [1.807, 2.05) is 25.1 Å². The molecule has 0 spiro atoms. The molecule has 0 aromatic heterocycles. The first-order valence-corrected chi connectivity index (χ1v) is 9.23. The number of carbonyl (C=O) groups excluding carboxylic acids is 1. The van der Waals surface area contributed by atoms with E-state index in [2.05, 4.69) is 42.3 Å². The van der Waals surface area contributed by atoms with Crippen molar-refractivity contribution in [2.24, 2.45) is 0 Å². The number of fused-ring (bicyclic) bond motifs is 1. The minimum atomic E-state index is -0.0162. The van der Waals surface area contributed by atoms with Gasteiger partial charge in [-0.25, -0.2) is 0 Å². The van der Waals surface area contributed by atoms with Crippen molar-refractivity contribution in [1.82, 2.24) is 0 Å². The summed E-state index contributed by atoms with van der Waals surface area (Å²) in [5.41, 5.74) is 10.7. The highest BCUT2D eigenvalue weighted by atomic mass is 16.5. The fourth-order valence-electron chi connectivity index (χ4n) is 3.45. The maximum atomic E-state index is 12.8. The lowest BCUT2D eigenvalue weighted by Crippen LogP contribution is -2.42. The Labute approximate surface area is 155 Å². The molecular formula is C21H27N3O2. The molecule has 26 heavy (non-hydrogen) atoms. The van der Waals surface area contributed by atoms with E-state index in [0.717, 1.165) is 30.0 Å². The summed E-state index contributed by atoms with van der Waals surface area (Å²) < 4.78 is 5.86. The molecule has 3 N–H and O–H groups in total. The highest BCUT2D eigenvalue weighted by molar-refractivity contribution is 5.96. The van der Waals surface area contributed by atoms with Crippen molar-refractivity contribution in [2.75, 3.05) is 29.0 Å². The normalized spacial score (nSPS) is 16.0. The monoisotopic (exact) mass is 353 g/mol. The Bertz CT molecular complexity index is 782. The molecule has 1 heterocycles. The summed E-state index contributed by atoms with van der Waals surface area (Å²) in [6, 6.07) is 11.8. The molecule has 0 radical (unpaired) electrons. The van der Waals surface area contributed by atoms with Crippen molar-refractivity contribution >= 4 is 23.0 Å². The zero-order valence-electron chi connectivity index (χ0n) is 15.7. The van der Waals surface area contributed by atoms with Gasteiger partial charge in [-0.15, -0.1) is 0 Å². The Morgan fingerprint density at radius 2 is 1.92 bits per heavy atom. The van der Waals surface area contributed by atoms with Gasteiger partial charge in [0.25, 0.3) is 0 Å². The van der Waals surface area contributed by atoms with E-state index in [9.17, 15) is 4.79 Å². The largest absolute Gasteiger partial charge is 0.487 e. The molecule has 3 rings (SSSR count). The lowest BCUT2D eigenvalue weighted by Gasteiger charge is -2.34. The van der Waals surface area contributed by atoms with Crippen LogP contribution >= 0.6 is 0 Å². The quantitative estimate of drug-likeness (QED) is 0.806. The van der Waals surface area contributed by atoms with E-state index in [4.69, 9.17) is 10.5 Å². The van der Waals surface area contributed by atoms with Gasteiger partial charge in [-0.2, -0.15) is 0 Å². The van der Waals surface area contributed by atoms with Gasteiger partial charge in [0, 0.05) is 17.4 Å². The molecule has 1 amide bonds. The first-order chi connectivity index (χ1) is 12.5. The average Bonchev–Trinajstić information content (AvgIpc) is 2.61. The van der Waals surface area contributed by atoms with Gasteiger partial charge in [-0.3, -0.25) is 4.79 Å². The fraction of sp³-hybridized carbons (Fsp3) is 0.381. The molecule has 2 aromatic carbocycles. The van der Waals surface area contributed by atoms with Crippen molar-refractivity contribution in [3.63, 3.8) is 0 Å². The van der Waals surface area contributed by atoms with Gasteiger partial charge in [-0.05, 0) is 43.0 Å². The van der Waals surface area contributed by atoms with Crippen LogP contribution in [0.25, 0.3) is 0 Å². The topological polar surface area (TPSA) is 67.6 Å². The molecule has 0 fully saturated rings. The third-order valence-electron chi connectivity index (χ3n) is 4.73. The summed E-state index contributed by atoms with van der Waals surface area (Å²) in [6.07, 6.45) is 1.78. The summed E-state index contributed by atoms with van der Waals surface area (Å²) in [7, 11) is 0. The maximum absolute atomic E-state index is 12.8. The molecule has 2 aromatic rings. The maximum Gasteiger partial charge on any atom is 0.243 e. The third kappa shape index (κ3) is 3.77. The number of aryl methyl sites for hydroxylation is 2. The zero-order valence-corrected chi connectivity index (χ0v) is 15.7. The second-order valence-corrected chi connectivity index (χ2v) is 6.74. The van der Waals surface area contributed by atoms with Gasteiger partial charge in [0.15, 0.2) is 0 Å². The van der Waals surface area contributed by atoms with Gasteiger partial charge in [0.2, 0.25) is 5.91 Å². The second-order valence-electron chi connectivity index (χ2n) is 6.74. The van der Waals surface area contributed by atoms with Crippen molar-refractivity contribution in [3.05, 3.63) is 47.5 Å². The predicted octanol–water partition coefficient (Wildman–Crippen LogP) is 3.62. The number of amides is 1. The van der Waals surface area contributed by atoms with Gasteiger partial charge >= 0.3 is 0 Å². The zero-order chi connectivity index (χ0) is 18.7. The smallest absolute Gasteiger partial charge is 0.243 e. The van der Waals surface area contributed by atoms with Crippen LogP contribution in [0.3, 0.4) is 0 Å². The Kier molecular flexibility index (Phi) is 5.35. The lowest BCUT2D eigenvalue weighted by molar-refractivity contribution is -0.115. The molecule has 0 saturated carbocycles. The van der Waals surface area contributed by atoms with E-state index >= 15 is 0 Å². The molecule has 0 bridgehead atoms. The molecule has 1 aliphatic rings. The highest BCUT2D eigenvalue weighted by Gasteiger charge is 2.25. The van der Waals surface area contributed by atoms with Crippen LogP contribution in [0.4, 0.5) is 17.1 Å². The Morgan fingerprint density at radius 1 is 1.23 bits per heavy atom. The van der Waals surface area contributed by atoms with Gasteiger partial charge in [0.05, 0.1) is 18.8 Å².